The summed E-state index contributed by atoms with van der Waals surface area (Å²) in [5.74, 6) is 0.481. The third kappa shape index (κ3) is 3.31. The summed E-state index contributed by atoms with van der Waals surface area (Å²) in [6.07, 6.45) is 2.17. The van der Waals surface area contributed by atoms with E-state index in [2.05, 4.69) is 5.32 Å². The number of nitrogens with one attached hydrogen (secondary N) is 1. The lowest BCUT2D eigenvalue weighted by Crippen LogP contribution is -2.37. The van der Waals surface area contributed by atoms with Crippen LogP contribution in [0.15, 0.2) is 24.3 Å². The normalized spacial score (nSPS) is 22.3. The van der Waals surface area contributed by atoms with Crippen molar-refractivity contribution in [3.63, 3.8) is 0 Å². The average molecular weight is 248 g/mol. The van der Waals surface area contributed by atoms with Gasteiger partial charge in [-0.1, -0.05) is 18.2 Å². The van der Waals surface area contributed by atoms with E-state index >= 15 is 0 Å². The van der Waals surface area contributed by atoms with Gasteiger partial charge in [-0.25, -0.2) is 0 Å². The summed E-state index contributed by atoms with van der Waals surface area (Å²) in [6.45, 7) is 2.81. The summed E-state index contributed by atoms with van der Waals surface area (Å²) < 4.78 is 5.52. The molecule has 1 fully saturated rings. The molecule has 1 aliphatic rings. The van der Waals surface area contributed by atoms with E-state index in [1.165, 1.54) is 0 Å². The predicted octanol–water partition coefficient (Wildman–Crippen LogP) is 1.69. The first-order chi connectivity index (χ1) is 8.69. The molecular weight excluding hydrogens is 228 g/mol. The van der Waals surface area contributed by atoms with Gasteiger partial charge >= 0.3 is 0 Å². The molecule has 18 heavy (non-hydrogen) atoms. The summed E-state index contributed by atoms with van der Waals surface area (Å²) in [7, 11) is 0. The molecule has 0 aliphatic heterocycles. The van der Waals surface area contributed by atoms with E-state index in [0.717, 1.165) is 30.6 Å². The van der Waals surface area contributed by atoms with Crippen LogP contribution in [-0.4, -0.2) is 25.2 Å². The molecule has 1 aromatic rings. The maximum atomic E-state index is 11.7. The van der Waals surface area contributed by atoms with E-state index in [0.29, 0.717) is 5.92 Å². The summed E-state index contributed by atoms with van der Waals surface area (Å²) in [5.41, 5.74) is 7.44. The van der Waals surface area contributed by atoms with Crippen LogP contribution < -0.4 is 11.1 Å². The Labute approximate surface area is 108 Å². The Hall–Kier alpha value is -1.39. The molecule has 0 heterocycles. The first-order valence-corrected chi connectivity index (χ1v) is 6.36. The number of carbonyl (C=O) groups is 1. The molecule has 0 bridgehead atoms. The van der Waals surface area contributed by atoms with Gasteiger partial charge in [0.1, 0.15) is 6.61 Å². The Balaban J connectivity index is 1.71. The lowest BCUT2D eigenvalue weighted by Gasteiger charge is -2.33. The number of nitrogens with two attached hydrogens (primary N) is 1. The molecule has 3 N–H and O–H groups in total. The highest BCUT2D eigenvalue weighted by atomic mass is 16.5. The fourth-order valence-electron chi connectivity index (χ4n) is 2.10. The maximum Gasteiger partial charge on any atom is 0.250 e. The van der Waals surface area contributed by atoms with Crippen molar-refractivity contribution in [1.29, 1.82) is 0 Å². The minimum absolute atomic E-state index is 0.0968. The van der Waals surface area contributed by atoms with Crippen LogP contribution >= 0.6 is 0 Å². The number of benzene rings is 1. The largest absolute Gasteiger partial charge is 0.368 e. The SMILES string of the molecule is Cc1ccccc1NC(=O)COC1CC(CN)C1. The highest BCUT2D eigenvalue weighted by molar-refractivity contribution is 5.92. The number of amides is 1. The Morgan fingerprint density at radius 3 is 2.83 bits per heavy atom. The van der Waals surface area contributed by atoms with Crippen molar-refractivity contribution in [1.82, 2.24) is 0 Å². The molecular formula is C14H20N2O2. The van der Waals surface area contributed by atoms with Gasteiger partial charge in [0.15, 0.2) is 0 Å². The zero-order chi connectivity index (χ0) is 13.0. The first kappa shape index (κ1) is 13.1. The highest BCUT2D eigenvalue weighted by Gasteiger charge is 2.28. The Kier molecular flexibility index (Phi) is 4.33. The number of para-hydroxylation sites is 1. The quantitative estimate of drug-likeness (QED) is 0.833. The first-order valence-electron chi connectivity index (χ1n) is 6.36. The molecule has 0 unspecified atom stereocenters. The molecule has 4 heteroatoms. The van der Waals surface area contributed by atoms with Crippen LogP contribution in [0.3, 0.4) is 0 Å². The summed E-state index contributed by atoms with van der Waals surface area (Å²) in [4.78, 5) is 11.7. The third-order valence-corrected chi connectivity index (χ3v) is 3.40. The topological polar surface area (TPSA) is 64.3 Å². The van der Waals surface area contributed by atoms with Gasteiger partial charge in [0, 0.05) is 5.69 Å². The summed E-state index contributed by atoms with van der Waals surface area (Å²) in [5, 5.41) is 2.85. The monoisotopic (exact) mass is 248 g/mol. The molecule has 0 atom stereocenters. The van der Waals surface area contributed by atoms with Gasteiger partial charge in [-0.3, -0.25) is 4.79 Å². The lowest BCUT2D eigenvalue weighted by atomic mass is 9.82. The fraction of sp³-hybridized carbons (Fsp3) is 0.500. The fourth-order valence-corrected chi connectivity index (χ4v) is 2.10. The second-order valence-electron chi connectivity index (χ2n) is 4.87. The van der Waals surface area contributed by atoms with Crippen LogP contribution in [0.4, 0.5) is 5.69 Å². The number of aryl methyl sites for hydroxylation is 1. The Morgan fingerprint density at radius 2 is 2.17 bits per heavy atom. The highest BCUT2D eigenvalue weighted by Crippen LogP contribution is 2.28. The van der Waals surface area contributed by atoms with Crippen LogP contribution in [0.25, 0.3) is 0 Å². The van der Waals surface area contributed by atoms with E-state index in [-0.39, 0.29) is 18.6 Å². The number of carbonyl (C=O) groups excluding carboxylic acids is 1. The molecule has 1 aromatic carbocycles. The van der Waals surface area contributed by atoms with Crippen molar-refractivity contribution in [2.45, 2.75) is 25.9 Å². The number of ether oxygens (including phenoxy) is 1. The van der Waals surface area contributed by atoms with Crippen LogP contribution in [0, 0.1) is 12.8 Å². The van der Waals surface area contributed by atoms with Crippen molar-refractivity contribution in [2.75, 3.05) is 18.5 Å². The van der Waals surface area contributed by atoms with Gasteiger partial charge < -0.3 is 15.8 Å². The number of hydrogen-bond donors (Lipinski definition) is 2. The van der Waals surface area contributed by atoms with Crippen molar-refractivity contribution in [2.24, 2.45) is 11.7 Å². The van der Waals surface area contributed by atoms with Gasteiger partial charge in [-0.05, 0) is 43.9 Å². The second-order valence-corrected chi connectivity index (χ2v) is 4.87. The van der Waals surface area contributed by atoms with E-state index in [1.807, 2.05) is 31.2 Å². The summed E-state index contributed by atoms with van der Waals surface area (Å²) >= 11 is 0. The minimum atomic E-state index is -0.0968. The molecule has 98 valence electrons. The molecule has 0 radical (unpaired) electrons. The van der Waals surface area contributed by atoms with Gasteiger partial charge in [0.2, 0.25) is 5.91 Å². The Morgan fingerprint density at radius 1 is 1.44 bits per heavy atom. The van der Waals surface area contributed by atoms with Crippen molar-refractivity contribution in [3.8, 4) is 0 Å². The molecule has 1 amide bonds. The van der Waals surface area contributed by atoms with Gasteiger partial charge in [-0.2, -0.15) is 0 Å². The van der Waals surface area contributed by atoms with E-state index < -0.39 is 0 Å². The predicted molar refractivity (Wildman–Crippen MR) is 71.3 cm³/mol. The maximum absolute atomic E-state index is 11.7. The van der Waals surface area contributed by atoms with Crippen LogP contribution in [-0.2, 0) is 9.53 Å². The smallest absolute Gasteiger partial charge is 0.250 e. The molecule has 0 saturated heterocycles. The second kappa shape index (κ2) is 5.98. The zero-order valence-electron chi connectivity index (χ0n) is 10.7. The summed E-state index contributed by atoms with van der Waals surface area (Å²) in [6, 6.07) is 7.71. The van der Waals surface area contributed by atoms with Gasteiger partial charge in [0.05, 0.1) is 6.10 Å². The van der Waals surface area contributed by atoms with Crippen molar-refractivity contribution >= 4 is 11.6 Å². The standard InChI is InChI=1S/C14H20N2O2/c1-10-4-2-3-5-13(10)16-14(17)9-18-12-6-11(7-12)8-15/h2-5,11-12H,6-9,15H2,1H3,(H,16,17). The molecule has 0 aromatic heterocycles. The van der Waals surface area contributed by atoms with Crippen LogP contribution in [0.1, 0.15) is 18.4 Å². The number of rotatable bonds is 5. The van der Waals surface area contributed by atoms with E-state index in [9.17, 15) is 4.79 Å². The molecule has 0 spiro atoms. The van der Waals surface area contributed by atoms with Crippen LogP contribution in [0.2, 0.25) is 0 Å². The molecule has 1 saturated carbocycles. The zero-order valence-corrected chi connectivity index (χ0v) is 10.7. The van der Waals surface area contributed by atoms with Gasteiger partial charge in [0.25, 0.3) is 0 Å². The van der Waals surface area contributed by atoms with E-state index in [1.54, 1.807) is 0 Å². The van der Waals surface area contributed by atoms with Gasteiger partial charge in [-0.15, -0.1) is 0 Å². The lowest BCUT2D eigenvalue weighted by molar-refractivity contribution is -0.125. The van der Waals surface area contributed by atoms with Crippen LogP contribution in [0.5, 0.6) is 0 Å². The molecule has 2 rings (SSSR count). The van der Waals surface area contributed by atoms with Crippen molar-refractivity contribution in [3.05, 3.63) is 29.8 Å². The third-order valence-electron chi connectivity index (χ3n) is 3.40. The number of anilines is 1. The Bertz CT molecular complexity index is 414. The molecule has 1 aliphatic carbocycles. The molecule has 4 nitrogen and oxygen atoms in total. The van der Waals surface area contributed by atoms with E-state index in [4.69, 9.17) is 10.5 Å². The number of hydrogen-bond acceptors (Lipinski definition) is 3. The van der Waals surface area contributed by atoms with Crippen molar-refractivity contribution < 1.29 is 9.53 Å². The average Bonchev–Trinajstić information content (AvgIpc) is 2.30. The minimum Gasteiger partial charge on any atom is -0.368 e.